The highest BCUT2D eigenvalue weighted by molar-refractivity contribution is 5.99. The van der Waals surface area contributed by atoms with Gasteiger partial charge in [0.25, 0.3) is 0 Å². The highest BCUT2D eigenvalue weighted by Crippen LogP contribution is 2.38. The Kier molecular flexibility index (Phi) is 5.89. The monoisotopic (exact) mass is 346 g/mol. The highest BCUT2D eigenvalue weighted by atomic mass is 19.4. The Balaban J connectivity index is 3.56. The van der Waals surface area contributed by atoms with Crippen LogP contribution < -0.4 is 5.32 Å². The molecule has 128 valence electrons. The average molecular weight is 346 g/mol. The molecule has 1 N–H and O–H groups in total. The number of carbonyl (C=O) groups excluding carboxylic acids is 2. The number of carbonyl (C=O) groups is 2. The van der Waals surface area contributed by atoms with Crippen LogP contribution in [-0.2, 0) is 25.2 Å². The molecule has 0 bridgehead atoms. The van der Waals surface area contributed by atoms with Crippen molar-refractivity contribution in [2.24, 2.45) is 0 Å². The van der Waals surface area contributed by atoms with E-state index in [-0.39, 0.29) is 0 Å². The minimum absolute atomic E-state index is 0.394. The third kappa shape index (κ3) is 4.22. The molecule has 0 radical (unpaired) electrons. The summed E-state index contributed by atoms with van der Waals surface area (Å²) < 4.78 is 61.4. The molecule has 0 aliphatic carbocycles. The Labute approximate surface area is 133 Å². The van der Waals surface area contributed by atoms with Crippen LogP contribution in [0.5, 0.6) is 0 Å². The molecule has 0 saturated heterocycles. The van der Waals surface area contributed by atoms with E-state index < -0.39 is 46.4 Å². The van der Waals surface area contributed by atoms with Crippen molar-refractivity contribution in [3.8, 4) is 6.07 Å². The first-order valence-electron chi connectivity index (χ1n) is 6.10. The first-order chi connectivity index (χ1) is 11.1. The minimum atomic E-state index is -4.95. The Morgan fingerprint density at radius 3 is 2.33 bits per heavy atom. The molecule has 6 nitrogen and oxygen atoms in total. The number of benzene rings is 1. The number of nitriles is 1. The van der Waals surface area contributed by atoms with Gasteiger partial charge in [0.05, 0.1) is 31.5 Å². The van der Waals surface area contributed by atoms with E-state index in [1.54, 1.807) is 0 Å². The van der Waals surface area contributed by atoms with E-state index in [4.69, 9.17) is 5.26 Å². The number of hydrogen-bond donors (Lipinski definition) is 1. The van der Waals surface area contributed by atoms with Gasteiger partial charge in [-0.1, -0.05) is 0 Å². The fourth-order valence-corrected chi connectivity index (χ4v) is 1.62. The predicted octanol–water partition coefficient (Wildman–Crippen LogP) is 2.36. The number of halogens is 4. The van der Waals surface area contributed by atoms with E-state index in [1.165, 1.54) is 6.07 Å². The van der Waals surface area contributed by atoms with E-state index in [9.17, 15) is 27.2 Å². The van der Waals surface area contributed by atoms with Gasteiger partial charge < -0.3 is 14.8 Å². The maximum Gasteiger partial charge on any atom is 0.418 e. The Hall–Kier alpha value is -3.09. The molecule has 0 aliphatic heterocycles. The van der Waals surface area contributed by atoms with E-state index in [1.807, 2.05) is 5.32 Å². The van der Waals surface area contributed by atoms with Gasteiger partial charge in [-0.3, -0.25) is 0 Å². The van der Waals surface area contributed by atoms with Crippen LogP contribution in [0.2, 0.25) is 0 Å². The van der Waals surface area contributed by atoms with Gasteiger partial charge in [-0.15, -0.1) is 0 Å². The number of nitrogens with one attached hydrogen (secondary N) is 1. The molecule has 1 aromatic rings. The summed E-state index contributed by atoms with van der Waals surface area (Å²) in [6.07, 6.45) is -4.44. The van der Waals surface area contributed by atoms with E-state index >= 15 is 0 Å². The van der Waals surface area contributed by atoms with E-state index in [0.29, 0.717) is 18.2 Å². The Bertz CT molecular complexity index is 736. The maximum atomic E-state index is 13.6. The molecular formula is C14H10F4N2O4. The molecule has 24 heavy (non-hydrogen) atoms. The van der Waals surface area contributed by atoms with Crippen LogP contribution in [0, 0.1) is 17.1 Å². The Morgan fingerprint density at radius 2 is 1.88 bits per heavy atom. The van der Waals surface area contributed by atoms with Gasteiger partial charge in [0.1, 0.15) is 23.1 Å². The lowest BCUT2D eigenvalue weighted by atomic mass is 10.1. The van der Waals surface area contributed by atoms with Crippen molar-refractivity contribution in [2.75, 3.05) is 19.5 Å². The predicted molar refractivity (Wildman–Crippen MR) is 71.9 cm³/mol. The largest absolute Gasteiger partial charge is 0.466 e. The van der Waals surface area contributed by atoms with Crippen LogP contribution >= 0.6 is 0 Å². The van der Waals surface area contributed by atoms with Crippen molar-refractivity contribution in [1.29, 1.82) is 5.26 Å². The van der Waals surface area contributed by atoms with Gasteiger partial charge in [-0.05, 0) is 12.1 Å². The number of nitrogens with zero attached hydrogens (tertiary/aromatic N) is 1. The maximum absolute atomic E-state index is 13.6. The number of methoxy groups -OCH3 is 2. The summed E-state index contributed by atoms with van der Waals surface area (Å²) in [5.41, 5.74) is -4.17. The minimum Gasteiger partial charge on any atom is -0.466 e. The number of rotatable bonds is 4. The van der Waals surface area contributed by atoms with Crippen molar-refractivity contribution in [1.82, 2.24) is 0 Å². The normalized spacial score (nSPS) is 11.5. The fraction of sp³-hybridized carbons (Fsp3) is 0.214. The average Bonchev–Trinajstić information content (AvgIpc) is 2.52. The molecule has 0 unspecified atom stereocenters. The molecule has 1 aromatic carbocycles. The lowest BCUT2D eigenvalue weighted by Crippen LogP contribution is -2.19. The zero-order valence-corrected chi connectivity index (χ0v) is 12.3. The number of hydrogen-bond acceptors (Lipinski definition) is 6. The number of esters is 2. The lowest BCUT2D eigenvalue weighted by molar-refractivity contribution is -0.138. The van der Waals surface area contributed by atoms with Gasteiger partial charge in [-0.25, -0.2) is 14.0 Å². The van der Waals surface area contributed by atoms with Crippen LogP contribution in [0.1, 0.15) is 11.1 Å². The SMILES string of the molecule is COC(=O)/C=C(/Nc1c(C(F)(F)F)ccc(F)c1C#N)C(=O)OC. The molecule has 0 aliphatic rings. The summed E-state index contributed by atoms with van der Waals surface area (Å²) in [4.78, 5) is 22.8. The molecule has 0 aromatic heterocycles. The van der Waals surface area contributed by atoms with Gasteiger partial charge in [0, 0.05) is 0 Å². The first kappa shape index (κ1) is 19.0. The smallest absolute Gasteiger partial charge is 0.418 e. The van der Waals surface area contributed by atoms with Crippen LogP contribution in [0.15, 0.2) is 23.9 Å². The molecular weight excluding hydrogens is 336 g/mol. The molecule has 0 atom stereocenters. The number of anilines is 1. The molecule has 0 heterocycles. The summed E-state index contributed by atoms with van der Waals surface area (Å²) in [6, 6.07) is 2.13. The third-order valence-electron chi connectivity index (χ3n) is 2.70. The van der Waals surface area contributed by atoms with Crippen LogP contribution in [-0.4, -0.2) is 26.2 Å². The number of alkyl halides is 3. The molecule has 0 saturated carbocycles. The highest BCUT2D eigenvalue weighted by Gasteiger charge is 2.36. The second-order valence-electron chi connectivity index (χ2n) is 4.15. The van der Waals surface area contributed by atoms with E-state index in [2.05, 4.69) is 9.47 Å². The van der Waals surface area contributed by atoms with Crippen molar-refractivity contribution in [3.05, 3.63) is 40.8 Å². The summed E-state index contributed by atoms with van der Waals surface area (Å²) in [5.74, 6) is -3.54. The zero-order chi connectivity index (χ0) is 18.5. The van der Waals surface area contributed by atoms with Crippen molar-refractivity contribution >= 4 is 17.6 Å². The van der Waals surface area contributed by atoms with Crippen molar-refractivity contribution in [3.63, 3.8) is 0 Å². The Morgan fingerprint density at radius 1 is 1.25 bits per heavy atom. The molecule has 1 rings (SSSR count). The van der Waals surface area contributed by atoms with Gasteiger partial charge in [-0.2, -0.15) is 18.4 Å². The van der Waals surface area contributed by atoms with Gasteiger partial charge in [0.15, 0.2) is 0 Å². The van der Waals surface area contributed by atoms with Gasteiger partial charge in [0.2, 0.25) is 0 Å². The van der Waals surface area contributed by atoms with E-state index in [0.717, 1.165) is 14.2 Å². The third-order valence-corrected chi connectivity index (χ3v) is 2.70. The summed E-state index contributed by atoms with van der Waals surface area (Å²) in [7, 11) is 1.88. The zero-order valence-electron chi connectivity index (χ0n) is 12.3. The second-order valence-corrected chi connectivity index (χ2v) is 4.15. The van der Waals surface area contributed by atoms with Crippen LogP contribution in [0.25, 0.3) is 0 Å². The first-order valence-corrected chi connectivity index (χ1v) is 6.10. The second kappa shape index (κ2) is 7.45. The topological polar surface area (TPSA) is 88.4 Å². The van der Waals surface area contributed by atoms with Crippen molar-refractivity contribution in [2.45, 2.75) is 6.18 Å². The quantitative estimate of drug-likeness (QED) is 0.511. The molecule has 10 heteroatoms. The summed E-state index contributed by atoms with van der Waals surface area (Å²) in [5, 5.41) is 10.8. The standard InChI is InChI=1S/C14H10F4N2O4/c1-23-11(21)5-10(13(22)24-2)20-12-7(6-19)9(15)4-3-8(12)14(16,17)18/h3-5,20H,1-2H3/b10-5+. The van der Waals surface area contributed by atoms with Gasteiger partial charge >= 0.3 is 18.1 Å². The van der Waals surface area contributed by atoms with Crippen molar-refractivity contribution < 1.29 is 36.6 Å². The lowest BCUT2D eigenvalue weighted by Gasteiger charge is -2.17. The molecule has 0 spiro atoms. The summed E-state index contributed by atoms with van der Waals surface area (Å²) >= 11 is 0. The molecule has 0 fully saturated rings. The number of ether oxygens (including phenoxy) is 2. The summed E-state index contributed by atoms with van der Waals surface area (Å²) in [6.45, 7) is 0. The van der Waals surface area contributed by atoms with Crippen LogP contribution in [0.3, 0.4) is 0 Å². The molecule has 0 amide bonds. The fourth-order valence-electron chi connectivity index (χ4n) is 1.62. The van der Waals surface area contributed by atoms with Crippen LogP contribution in [0.4, 0.5) is 23.2 Å².